The van der Waals surface area contributed by atoms with Crippen molar-refractivity contribution in [2.75, 3.05) is 14.2 Å². The molecule has 0 saturated heterocycles. The largest absolute Gasteiger partial charge is 0.497 e. The third kappa shape index (κ3) is 3.42. The van der Waals surface area contributed by atoms with Gasteiger partial charge in [-0.25, -0.2) is 0 Å². The van der Waals surface area contributed by atoms with Crippen LogP contribution < -0.4 is 4.74 Å². The molecule has 1 heterocycles. The molecule has 0 saturated carbocycles. The molecule has 0 radical (unpaired) electrons. The second-order valence-corrected chi connectivity index (χ2v) is 5.43. The van der Waals surface area contributed by atoms with Crippen LogP contribution in [0.3, 0.4) is 0 Å². The van der Waals surface area contributed by atoms with Crippen LogP contribution >= 0.6 is 22.9 Å². The first-order chi connectivity index (χ1) is 9.10. The summed E-state index contributed by atoms with van der Waals surface area (Å²) in [5.41, 5.74) is 1.01. The van der Waals surface area contributed by atoms with E-state index >= 15 is 0 Å². The van der Waals surface area contributed by atoms with E-state index in [0.29, 0.717) is 11.6 Å². The summed E-state index contributed by atoms with van der Waals surface area (Å²) in [6, 6.07) is 7.54. The maximum absolute atomic E-state index is 12.0. The SMILES string of the molecule is COc1ccc(CN(C)C(=O)c2nnc(Cl)s2)cc1. The number of hydrogen-bond acceptors (Lipinski definition) is 5. The molecule has 2 aromatic rings. The summed E-state index contributed by atoms with van der Waals surface area (Å²) in [7, 11) is 3.33. The minimum absolute atomic E-state index is 0.194. The van der Waals surface area contributed by atoms with Crippen molar-refractivity contribution in [2.45, 2.75) is 6.54 Å². The molecule has 1 aromatic heterocycles. The van der Waals surface area contributed by atoms with Gasteiger partial charge in [-0.05, 0) is 29.3 Å². The number of nitrogens with zero attached hydrogens (tertiary/aromatic N) is 3. The molecule has 0 fully saturated rings. The Kier molecular flexibility index (Phi) is 4.34. The lowest BCUT2D eigenvalue weighted by molar-refractivity contribution is 0.0784. The Morgan fingerprint density at radius 3 is 2.58 bits per heavy atom. The summed E-state index contributed by atoms with van der Waals surface area (Å²) >= 11 is 6.74. The van der Waals surface area contributed by atoms with Gasteiger partial charge in [-0.1, -0.05) is 23.5 Å². The van der Waals surface area contributed by atoms with Crippen molar-refractivity contribution in [3.05, 3.63) is 39.3 Å². The quantitative estimate of drug-likeness (QED) is 0.870. The fourth-order valence-corrected chi connectivity index (χ4v) is 2.35. The number of amides is 1. The molecule has 7 heteroatoms. The predicted octanol–water partition coefficient (Wildman–Crippen LogP) is 2.47. The van der Waals surface area contributed by atoms with E-state index in [2.05, 4.69) is 10.2 Å². The Morgan fingerprint density at radius 2 is 2.05 bits per heavy atom. The normalized spacial score (nSPS) is 10.3. The number of aromatic nitrogens is 2. The van der Waals surface area contributed by atoms with Gasteiger partial charge in [0.2, 0.25) is 9.47 Å². The lowest BCUT2D eigenvalue weighted by atomic mass is 10.2. The first-order valence-electron chi connectivity index (χ1n) is 5.47. The lowest BCUT2D eigenvalue weighted by Crippen LogP contribution is -2.26. The molecule has 1 amide bonds. The first kappa shape index (κ1) is 13.8. The molecule has 0 atom stereocenters. The van der Waals surface area contributed by atoms with Crippen LogP contribution in [-0.4, -0.2) is 35.2 Å². The first-order valence-corrected chi connectivity index (χ1v) is 6.67. The maximum atomic E-state index is 12.0. The Labute approximate surface area is 119 Å². The fraction of sp³-hybridized carbons (Fsp3) is 0.250. The molecule has 5 nitrogen and oxygen atoms in total. The number of carbonyl (C=O) groups is 1. The summed E-state index contributed by atoms with van der Waals surface area (Å²) in [4.78, 5) is 13.6. The zero-order valence-corrected chi connectivity index (χ0v) is 12.0. The van der Waals surface area contributed by atoms with Crippen molar-refractivity contribution >= 4 is 28.8 Å². The number of benzene rings is 1. The lowest BCUT2D eigenvalue weighted by Gasteiger charge is -2.15. The van der Waals surface area contributed by atoms with Gasteiger partial charge >= 0.3 is 0 Å². The van der Waals surface area contributed by atoms with Crippen LogP contribution in [0.1, 0.15) is 15.4 Å². The molecular weight excluding hydrogens is 286 g/mol. The molecule has 0 unspecified atom stereocenters. The van der Waals surface area contributed by atoms with Crippen molar-refractivity contribution in [3.63, 3.8) is 0 Å². The van der Waals surface area contributed by atoms with E-state index in [1.807, 2.05) is 24.3 Å². The molecular formula is C12H12ClN3O2S. The highest BCUT2D eigenvalue weighted by molar-refractivity contribution is 7.17. The van der Waals surface area contributed by atoms with Crippen molar-refractivity contribution in [2.24, 2.45) is 0 Å². The highest BCUT2D eigenvalue weighted by Crippen LogP contribution is 2.18. The van der Waals surface area contributed by atoms with Crippen LogP contribution in [0.15, 0.2) is 24.3 Å². The van der Waals surface area contributed by atoms with E-state index < -0.39 is 0 Å². The van der Waals surface area contributed by atoms with Gasteiger partial charge in [-0.15, -0.1) is 10.2 Å². The molecule has 100 valence electrons. The molecule has 0 aliphatic heterocycles. The van der Waals surface area contributed by atoms with Crippen LogP contribution in [-0.2, 0) is 6.54 Å². The summed E-state index contributed by atoms with van der Waals surface area (Å²) in [6.07, 6.45) is 0. The number of rotatable bonds is 4. The van der Waals surface area contributed by atoms with Gasteiger partial charge < -0.3 is 9.64 Å². The summed E-state index contributed by atoms with van der Waals surface area (Å²) in [5, 5.41) is 7.64. The Bertz CT molecular complexity index is 571. The number of methoxy groups -OCH3 is 1. The minimum atomic E-state index is -0.194. The third-order valence-corrected chi connectivity index (χ3v) is 3.52. The molecule has 0 aliphatic carbocycles. The number of hydrogen-bond donors (Lipinski definition) is 0. The molecule has 0 spiro atoms. The predicted molar refractivity (Wildman–Crippen MR) is 73.7 cm³/mol. The number of ether oxygens (including phenoxy) is 1. The highest BCUT2D eigenvalue weighted by atomic mass is 35.5. The molecule has 19 heavy (non-hydrogen) atoms. The summed E-state index contributed by atoms with van der Waals surface area (Å²) < 4.78 is 5.35. The number of halogens is 1. The molecule has 0 aliphatic rings. The average molecular weight is 298 g/mol. The van der Waals surface area contributed by atoms with Crippen LogP contribution in [0.5, 0.6) is 5.75 Å². The molecule has 1 aromatic carbocycles. The highest BCUT2D eigenvalue weighted by Gasteiger charge is 2.16. The van der Waals surface area contributed by atoms with E-state index in [1.165, 1.54) is 0 Å². The second-order valence-electron chi connectivity index (χ2n) is 3.87. The van der Waals surface area contributed by atoms with E-state index in [-0.39, 0.29) is 10.4 Å². The molecule has 0 bridgehead atoms. The molecule has 2 rings (SSSR count). The monoisotopic (exact) mass is 297 g/mol. The van der Waals surface area contributed by atoms with Gasteiger partial charge in [0, 0.05) is 13.6 Å². The Balaban J connectivity index is 2.03. The summed E-state index contributed by atoms with van der Waals surface area (Å²) in [5.74, 6) is 0.592. The van der Waals surface area contributed by atoms with Gasteiger partial charge in [0.1, 0.15) is 5.75 Å². The van der Waals surface area contributed by atoms with Gasteiger partial charge in [0.15, 0.2) is 0 Å². The number of carbonyl (C=O) groups excluding carboxylic acids is 1. The Hall–Kier alpha value is -1.66. The van der Waals surface area contributed by atoms with E-state index in [1.54, 1.807) is 19.1 Å². The van der Waals surface area contributed by atoms with Crippen molar-refractivity contribution in [3.8, 4) is 5.75 Å². The van der Waals surface area contributed by atoms with Gasteiger partial charge in [-0.2, -0.15) is 0 Å². The topological polar surface area (TPSA) is 55.3 Å². The van der Waals surface area contributed by atoms with E-state index in [0.717, 1.165) is 22.6 Å². The van der Waals surface area contributed by atoms with Crippen LogP contribution in [0.2, 0.25) is 4.47 Å². The van der Waals surface area contributed by atoms with Gasteiger partial charge in [0.25, 0.3) is 5.91 Å². The van der Waals surface area contributed by atoms with Crippen LogP contribution in [0, 0.1) is 0 Å². The van der Waals surface area contributed by atoms with E-state index in [9.17, 15) is 4.79 Å². The smallest absolute Gasteiger partial charge is 0.284 e. The van der Waals surface area contributed by atoms with Crippen molar-refractivity contribution in [1.29, 1.82) is 0 Å². The molecule has 0 N–H and O–H groups in total. The zero-order valence-electron chi connectivity index (χ0n) is 10.5. The zero-order chi connectivity index (χ0) is 13.8. The average Bonchev–Trinajstić information content (AvgIpc) is 2.85. The van der Waals surface area contributed by atoms with E-state index in [4.69, 9.17) is 16.3 Å². The Morgan fingerprint density at radius 1 is 1.37 bits per heavy atom. The second kappa shape index (κ2) is 5.99. The van der Waals surface area contributed by atoms with Crippen molar-refractivity contribution in [1.82, 2.24) is 15.1 Å². The van der Waals surface area contributed by atoms with Crippen LogP contribution in [0.4, 0.5) is 0 Å². The minimum Gasteiger partial charge on any atom is -0.497 e. The summed E-state index contributed by atoms with van der Waals surface area (Å²) in [6.45, 7) is 0.486. The fourth-order valence-electron chi connectivity index (χ4n) is 1.53. The van der Waals surface area contributed by atoms with Crippen LogP contribution in [0.25, 0.3) is 0 Å². The third-order valence-electron chi connectivity index (χ3n) is 2.51. The maximum Gasteiger partial charge on any atom is 0.284 e. The standard InChI is InChI=1S/C12H12ClN3O2S/c1-16(11(17)10-14-15-12(13)19-10)7-8-3-5-9(18-2)6-4-8/h3-6H,7H2,1-2H3. The van der Waals surface area contributed by atoms with Crippen molar-refractivity contribution < 1.29 is 9.53 Å². The van der Waals surface area contributed by atoms with Gasteiger partial charge in [-0.3, -0.25) is 4.79 Å². The van der Waals surface area contributed by atoms with Gasteiger partial charge in [0.05, 0.1) is 7.11 Å².